The van der Waals surface area contributed by atoms with E-state index in [1.54, 1.807) is 18.3 Å². The van der Waals surface area contributed by atoms with Gasteiger partial charge in [-0.15, -0.1) is 0 Å². The predicted molar refractivity (Wildman–Crippen MR) is 54.4 cm³/mol. The zero-order chi connectivity index (χ0) is 11.5. The summed E-state index contributed by atoms with van der Waals surface area (Å²) in [6, 6.07) is 2.29. The number of urea groups is 1. The Hall–Kier alpha value is -2.37. The van der Waals surface area contributed by atoms with Crippen molar-refractivity contribution in [2.24, 2.45) is 0 Å². The lowest BCUT2D eigenvalue weighted by Gasteiger charge is -2.23. The van der Waals surface area contributed by atoms with Gasteiger partial charge in [0.15, 0.2) is 0 Å². The van der Waals surface area contributed by atoms with Crippen LogP contribution in [-0.4, -0.2) is 22.1 Å². The Morgan fingerprint density at radius 1 is 1.50 bits per heavy atom. The molecule has 1 unspecified atom stereocenters. The van der Waals surface area contributed by atoms with Crippen LogP contribution >= 0.6 is 0 Å². The summed E-state index contributed by atoms with van der Waals surface area (Å²) in [6.45, 7) is 0. The van der Waals surface area contributed by atoms with Gasteiger partial charge in [0, 0.05) is 18.6 Å². The Morgan fingerprint density at radius 2 is 2.31 bits per heavy atom. The van der Waals surface area contributed by atoms with Crippen LogP contribution in [0.25, 0.3) is 0 Å². The molecule has 6 heteroatoms. The number of hydrogen-bond donors (Lipinski definition) is 3. The molecule has 1 aromatic rings. The summed E-state index contributed by atoms with van der Waals surface area (Å²) in [5, 5.41) is 13.8. The molecule has 0 spiro atoms. The van der Waals surface area contributed by atoms with E-state index in [0.29, 0.717) is 5.56 Å². The van der Waals surface area contributed by atoms with Crippen LogP contribution in [0.1, 0.15) is 11.6 Å². The highest BCUT2D eigenvalue weighted by molar-refractivity contribution is 5.92. The Kier molecular flexibility index (Phi) is 2.55. The topological polar surface area (TPSA) is 91.3 Å². The molecule has 0 aliphatic carbocycles. The van der Waals surface area contributed by atoms with Crippen LogP contribution in [0.15, 0.2) is 36.3 Å². The van der Waals surface area contributed by atoms with E-state index in [9.17, 15) is 9.59 Å². The molecule has 1 aromatic heterocycles. The highest BCUT2D eigenvalue weighted by Crippen LogP contribution is 2.22. The molecule has 2 rings (SSSR count). The molecule has 0 fully saturated rings. The van der Waals surface area contributed by atoms with Crippen molar-refractivity contribution in [1.82, 2.24) is 15.6 Å². The van der Waals surface area contributed by atoms with Crippen LogP contribution in [0.3, 0.4) is 0 Å². The molecular formula is C10H9N3O3. The molecule has 0 aromatic carbocycles. The lowest BCUT2D eigenvalue weighted by atomic mass is 10.00. The predicted octanol–water partition coefficient (Wildman–Crippen LogP) is 0.404. The molecule has 0 saturated heterocycles. The molecule has 82 valence electrons. The number of aromatic nitrogens is 1. The zero-order valence-electron chi connectivity index (χ0n) is 8.18. The largest absolute Gasteiger partial charge is 0.478 e. The second kappa shape index (κ2) is 4.01. The van der Waals surface area contributed by atoms with Crippen LogP contribution in [-0.2, 0) is 4.79 Å². The van der Waals surface area contributed by atoms with Crippen LogP contribution in [0.2, 0.25) is 0 Å². The minimum atomic E-state index is -1.08. The Bertz CT molecular complexity index is 456. The summed E-state index contributed by atoms with van der Waals surface area (Å²) < 4.78 is 0. The van der Waals surface area contributed by atoms with Gasteiger partial charge < -0.3 is 15.7 Å². The van der Waals surface area contributed by atoms with Crippen molar-refractivity contribution in [3.63, 3.8) is 0 Å². The van der Waals surface area contributed by atoms with Gasteiger partial charge in [-0.05, 0) is 11.6 Å². The van der Waals surface area contributed by atoms with E-state index in [-0.39, 0.29) is 5.57 Å². The third kappa shape index (κ3) is 1.85. The molecule has 0 saturated carbocycles. The highest BCUT2D eigenvalue weighted by atomic mass is 16.4. The van der Waals surface area contributed by atoms with E-state index < -0.39 is 18.0 Å². The number of hydrogen-bond acceptors (Lipinski definition) is 3. The van der Waals surface area contributed by atoms with Gasteiger partial charge in [0.05, 0.1) is 11.6 Å². The number of nitrogens with one attached hydrogen (secondary N) is 2. The third-order valence-corrected chi connectivity index (χ3v) is 2.21. The molecule has 1 aliphatic rings. The van der Waals surface area contributed by atoms with Crippen LogP contribution < -0.4 is 10.6 Å². The van der Waals surface area contributed by atoms with Crippen molar-refractivity contribution in [3.8, 4) is 0 Å². The lowest BCUT2D eigenvalue weighted by molar-refractivity contribution is -0.133. The third-order valence-electron chi connectivity index (χ3n) is 2.21. The number of carbonyl (C=O) groups is 2. The summed E-state index contributed by atoms with van der Waals surface area (Å²) >= 11 is 0. The first-order valence-corrected chi connectivity index (χ1v) is 4.59. The highest BCUT2D eigenvalue weighted by Gasteiger charge is 2.27. The molecule has 2 amide bonds. The fourth-order valence-electron chi connectivity index (χ4n) is 1.47. The number of rotatable bonds is 2. The molecular weight excluding hydrogens is 210 g/mol. The first-order chi connectivity index (χ1) is 7.68. The number of carboxylic acids is 1. The van der Waals surface area contributed by atoms with E-state index in [0.717, 1.165) is 0 Å². The summed E-state index contributed by atoms with van der Waals surface area (Å²) in [5.74, 6) is -1.08. The van der Waals surface area contributed by atoms with Gasteiger partial charge in [-0.2, -0.15) is 0 Å². The summed E-state index contributed by atoms with van der Waals surface area (Å²) in [4.78, 5) is 26.0. The SMILES string of the molecule is O=C1NC=C(C(=O)O)C(c2cccnc2)N1. The molecule has 16 heavy (non-hydrogen) atoms. The van der Waals surface area contributed by atoms with Crippen molar-refractivity contribution in [3.05, 3.63) is 41.9 Å². The first kappa shape index (κ1) is 10.2. The second-order valence-corrected chi connectivity index (χ2v) is 3.24. The maximum atomic E-state index is 11.1. The normalized spacial score (nSPS) is 19.4. The Balaban J connectivity index is 2.38. The second-order valence-electron chi connectivity index (χ2n) is 3.24. The van der Waals surface area contributed by atoms with E-state index >= 15 is 0 Å². The number of aliphatic carboxylic acids is 1. The van der Waals surface area contributed by atoms with Crippen LogP contribution in [0, 0.1) is 0 Å². The molecule has 1 aliphatic heterocycles. The number of carbonyl (C=O) groups excluding carboxylic acids is 1. The Labute approximate surface area is 91.0 Å². The molecule has 0 radical (unpaired) electrons. The quantitative estimate of drug-likeness (QED) is 0.671. The first-order valence-electron chi connectivity index (χ1n) is 4.59. The standard InChI is InChI=1S/C10H9N3O3/c14-9(15)7-5-12-10(16)13-8(7)6-2-1-3-11-4-6/h1-5,8H,(H,14,15)(H2,12,13,16). The van der Waals surface area contributed by atoms with E-state index in [1.165, 1.54) is 12.4 Å². The van der Waals surface area contributed by atoms with Crippen LogP contribution in [0.5, 0.6) is 0 Å². The fraction of sp³-hybridized carbons (Fsp3) is 0.100. The van der Waals surface area contributed by atoms with Crippen molar-refractivity contribution in [2.45, 2.75) is 6.04 Å². The average Bonchev–Trinajstić information content (AvgIpc) is 2.29. The van der Waals surface area contributed by atoms with Crippen molar-refractivity contribution in [2.75, 3.05) is 0 Å². The number of carboxylic acid groups (broad SMARTS) is 1. The number of nitrogens with zero attached hydrogens (tertiary/aromatic N) is 1. The van der Waals surface area contributed by atoms with E-state index in [4.69, 9.17) is 5.11 Å². The number of pyridine rings is 1. The summed E-state index contributed by atoms with van der Waals surface area (Å²) in [5.41, 5.74) is 0.707. The summed E-state index contributed by atoms with van der Waals surface area (Å²) in [7, 11) is 0. The van der Waals surface area contributed by atoms with Gasteiger partial charge in [-0.25, -0.2) is 9.59 Å². The molecule has 2 heterocycles. The van der Waals surface area contributed by atoms with Crippen molar-refractivity contribution < 1.29 is 14.7 Å². The Morgan fingerprint density at radius 3 is 2.94 bits per heavy atom. The minimum absolute atomic E-state index is 0.0765. The van der Waals surface area contributed by atoms with Gasteiger partial charge in [-0.3, -0.25) is 4.98 Å². The van der Waals surface area contributed by atoms with Gasteiger partial charge >= 0.3 is 12.0 Å². The molecule has 0 bridgehead atoms. The van der Waals surface area contributed by atoms with Gasteiger partial charge in [0.1, 0.15) is 0 Å². The van der Waals surface area contributed by atoms with Crippen molar-refractivity contribution in [1.29, 1.82) is 0 Å². The monoisotopic (exact) mass is 219 g/mol. The molecule has 6 nitrogen and oxygen atoms in total. The smallest absolute Gasteiger partial charge is 0.335 e. The average molecular weight is 219 g/mol. The summed E-state index contributed by atoms with van der Waals surface area (Å²) in [6.07, 6.45) is 4.29. The van der Waals surface area contributed by atoms with Gasteiger partial charge in [-0.1, -0.05) is 6.07 Å². The van der Waals surface area contributed by atoms with Crippen LogP contribution in [0.4, 0.5) is 4.79 Å². The number of amides is 2. The maximum Gasteiger partial charge on any atom is 0.335 e. The minimum Gasteiger partial charge on any atom is -0.478 e. The zero-order valence-corrected chi connectivity index (χ0v) is 8.18. The fourth-order valence-corrected chi connectivity index (χ4v) is 1.47. The van der Waals surface area contributed by atoms with Crippen molar-refractivity contribution >= 4 is 12.0 Å². The maximum absolute atomic E-state index is 11.1. The van der Waals surface area contributed by atoms with E-state index in [2.05, 4.69) is 15.6 Å². The van der Waals surface area contributed by atoms with Gasteiger partial charge in [0.2, 0.25) is 0 Å². The molecule has 3 N–H and O–H groups in total. The lowest BCUT2D eigenvalue weighted by Crippen LogP contribution is -2.42. The van der Waals surface area contributed by atoms with Gasteiger partial charge in [0.25, 0.3) is 0 Å². The molecule has 1 atom stereocenters. The van der Waals surface area contributed by atoms with E-state index in [1.807, 2.05) is 0 Å².